The molecule has 0 saturated heterocycles. The molecule has 24 heavy (non-hydrogen) atoms. The number of guanidine groups is 1. The summed E-state index contributed by atoms with van der Waals surface area (Å²) in [6.45, 7) is 9.65. The van der Waals surface area contributed by atoms with E-state index in [9.17, 15) is 4.79 Å². The highest BCUT2D eigenvalue weighted by molar-refractivity contribution is 6.29. The lowest BCUT2D eigenvalue weighted by Gasteiger charge is -2.19. The Morgan fingerprint density at radius 3 is 2.54 bits per heavy atom. The summed E-state index contributed by atoms with van der Waals surface area (Å²) < 4.78 is 5.17. The van der Waals surface area contributed by atoms with Crippen molar-refractivity contribution in [1.29, 1.82) is 0 Å². The second-order valence-electron chi connectivity index (χ2n) is 6.04. The van der Waals surface area contributed by atoms with Crippen LogP contribution < -0.4 is 16.0 Å². The van der Waals surface area contributed by atoms with Gasteiger partial charge in [-0.05, 0) is 39.3 Å². The molecule has 1 aromatic heterocycles. The average Bonchev–Trinajstić information content (AvgIpc) is 2.49. The van der Waals surface area contributed by atoms with Gasteiger partial charge in [0.15, 0.2) is 5.96 Å². The highest BCUT2D eigenvalue weighted by Gasteiger charge is 2.15. The van der Waals surface area contributed by atoms with Gasteiger partial charge in [0.05, 0.1) is 6.54 Å². The van der Waals surface area contributed by atoms with Gasteiger partial charge in [-0.1, -0.05) is 17.7 Å². The van der Waals surface area contributed by atoms with E-state index in [1.807, 2.05) is 33.8 Å². The van der Waals surface area contributed by atoms with Crippen molar-refractivity contribution in [2.75, 3.05) is 19.6 Å². The van der Waals surface area contributed by atoms with Gasteiger partial charge in [0.1, 0.15) is 10.8 Å². The van der Waals surface area contributed by atoms with Crippen LogP contribution in [-0.2, 0) is 11.3 Å². The van der Waals surface area contributed by atoms with Gasteiger partial charge in [-0.3, -0.25) is 0 Å². The van der Waals surface area contributed by atoms with Gasteiger partial charge in [-0.2, -0.15) is 0 Å². The Hall–Kier alpha value is -2.02. The molecule has 1 amide bonds. The number of nitrogens with one attached hydrogen (secondary N) is 3. The van der Waals surface area contributed by atoms with Crippen molar-refractivity contribution in [3.63, 3.8) is 0 Å². The van der Waals surface area contributed by atoms with Crippen LogP contribution >= 0.6 is 11.6 Å². The van der Waals surface area contributed by atoms with E-state index in [4.69, 9.17) is 16.3 Å². The minimum Gasteiger partial charge on any atom is -0.444 e. The smallest absolute Gasteiger partial charge is 0.407 e. The summed E-state index contributed by atoms with van der Waals surface area (Å²) in [5.41, 5.74) is 0.462. The van der Waals surface area contributed by atoms with E-state index in [1.54, 1.807) is 12.3 Å². The number of ether oxygens (including phenoxy) is 1. The maximum absolute atomic E-state index is 11.5. The van der Waals surface area contributed by atoms with Crippen LogP contribution in [0.15, 0.2) is 23.3 Å². The van der Waals surface area contributed by atoms with Crippen molar-refractivity contribution in [2.45, 2.75) is 39.8 Å². The van der Waals surface area contributed by atoms with E-state index >= 15 is 0 Å². The Balaban J connectivity index is 2.38. The first-order valence-corrected chi connectivity index (χ1v) is 8.27. The molecule has 0 unspecified atom stereocenters. The van der Waals surface area contributed by atoms with Crippen molar-refractivity contribution in [2.24, 2.45) is 4.99 Å². The largest absolute Gasteiger partial charge is 0.444 e. The monoisotopic (exact) mass is 355 g/mol. The molecular weight excluding hydrogens is 330 g/mol. The van der Waals surface area contributed by atoms with Crippen LogP contribution in [0.25, 0.3) is 0 Å². The van der Waals surface area contributed by atoms with Crippen LogP contribution in [0.2, 0.25) is 5.15 Å². The molecule has 0 bridgehead atoms. The quantitative estimate of drug-likeness (QED) is 0.315. The minimum absolute atomic E-state index is 0.432. The zero-order chi connectivity index (χ0) is 18.0. The highest BCUT2D eigenvalue weighted by Crippen LogP contribution is 2.06. The van der Waals surface area contributed by atoms with Gasteiger partial charge in [-0.15, -0.1) is 0 Å². The van der Waals surface area contributed by atoms with Crippen molar-refractivity contribution in [3.05, 3.63) is 29.0 Å². The van der Waals surface area contributed by atoms with E-state index in [2.05, 4.69) is 25.9 Å². The predicted molar refractivity (Wildman–Crippen MR) is 96.3 cm³/mol. The van der Waals surface area contributed by atoms with Crippen molar-refractivity contribution >= 4 is 23.7 Å². The molecule has 0 saturated carbocycles. The number of nitrogens with zero attached hydrogens (tertiary/aromatic N) is 2. The van der Waals surface area contributed by atoms with Crippen LogP contribution in [0.4, 0.5) is 4.79 Å². The number of carbonyl (C=O) groups excluding carboxylic acids is 1. The van der Waals surface area contributed by atoms with Crippen LogP contribution in [0.5, 0.6) is 0 Å². The molecule has 0 aliphatic rings. The Morgan fingerprint density at radius 1 is 1.25 bits per heavy atom. The van der Waals surface area contributed by atoms with Crippen molar-refractivity contribution in [1.82, 2.24) is 20.9 Å². The first-order chi connectivity index (χ1) is 11.3. The summed E-state index contributed by atoms with van der Waals surface area (Å²) in [6.07, 6.45) is 1.26. The van der Waals surface area contributed by atoms with Gasteiger partial charge >= 0.3 is 6.09 Å². The topological polar surface area (TPSA) is 87.6 Å². The molecule has 0 spiro atoms. The van der Waals surface area contributed by atoms with E-state index in [1.165, 1.54) is 0 Å². The molecule has 0 aliphatic carbocycles. The lowest BCUT2D eigenvalue weighted by atomic mass is 10.2. The number of halogens is 1. The molecule has 0 radical (unpaired) electrons. The zero-order valence-corrected chi connectivity index (χ0v) is 15.4. The first kappa shape index (κ1) is 20.0. The fraction of sp³-hybridized carbons (Fsp3) is 0.562. The molecular formula is C16H26ClN5O2. The van der Waals surface area contributed by atoms with Crippen molar-refractivity contribution < 1.29 is 9.53 Å². The number of carbonyl (C=O) groups is 1. The van der Waals surface area contributed by atoms with Crippen LogP contribution in [0.1, 0.15) is 33.3 Å². The molecule has 3 N–H and O–H groups in total. The van der Waals surface area contributed by atoms with Gasteiger partial charge in [-0.25, -0.2) is 14.8 Å². The standard InChI is InChI=1S/C16H26ClN5O2/c1-5-18-14(22-11-12-6-7-13(17)21-10-12)19-8-9-20-15(23)24-16(2,3)4/h6-7,10H,5,8-9,11H2,1-4H3,(H,20,23)(H2,18,19,22). The average molecular weight is 356 g/mol. The third kappa shape index (κ3) is 9.19. The first-order valence-electron chi connectivity index (χ1n) is 7.89. The predicted octanol–water partition coefficient (Wildman–Crippen LogP) is 2.31. The number of rotatable bonds is 6. The summed E-state index contributed by atoms with van der Waals surface area (Å²) in [6, 6.07) is 3.62. The van der Waals surface area contributed by atoms with Gasteiger partial charge < -0.3 is 20.7 Å². The lowest BCUT2D eigenvalue weighted by Crippen LogP contribution is -2.42. The number of pyridine rings is 1. The Bertz CT molecular complexity index is 540. The summed E-state index contributed by atoms with van der Waals surface area (Å²) in [5.74, 6) is 0.665. The third-order valence-corrected chi connectivity index (χ3v) is 2.86. The van der Waals surface area contributed by atoms with Crippen LogP contribution in [0.3, 0.4) is 0 Å². The molecule has 134 valence electrons. The summed E-state index contributed by atoms with van der Waals surface area (Å²) in [5, 5.41) is 9.43. The molecule has 1 aromatic rings. The van der Waals surface area contributed by atoms with Gasteiger partial charge in [0.2, 0.25) is 0 Å². The fourth-order valence-corrected chi connectivity index (χ4v) is 1.78. The van der Waals surface area contributed by atoms with E-state index in [-0.39, 0.29) is 0 Å². The molecule has 0 aliphatic heterocycles. The zero-order valence-electron chi connectivity index (χ0n) is 14.6. The van der Waals surface area contributed by atoms with Gasteiger partial charge in [0.25, 0.3) is 0 Å². The number of aliphatic imine (C=N–C) groups is 1. The second-order valence-corrected chi connectivity index (χ2v) is 6.43. The number of alkyl carbamates (subject to hydrolysis) is 1. The number of hydrogen-bond acceptors (Lipinski definition) is 4. The molecule has 7 nitrogen and oxygen atoms in total. The second kappa shape index (κ2) is 9.97. The van der Waals surface area contributed by atoms with E-state index < -0.39 is 11.7 Å². The Labute approximate surface area is 148 Å². The number of hydrogen-bond donors (Lipinski definition) is 3. The SMILES string of the molecule is CCNC(=NCc1ccc(Cl)nc1)NCCNC(=O)OC(C)(C)C. The summed E-state index contributed by atoms with van der Waals surface area (Å²) >= 11 is 5.76. The fourth-order valence-electron chi connectivity index (χ4n) is 1.67. The Morgan fingerprint density at radius 2 is 1.96 bits per heavy atom. The highest BCUT2D eigenvalue weighted by atomic mass is 35.5. The molecule has 0 fully saturated rings. The van der Waals surface area contributed by atoms with E-state index in [0.29, 0.717) is 30.7 Å². The third-order valence-electron chi connectivity index (χ3n) is 2.64. The molecule has 1 rings (SSSR count). The maximum atomic E-state index is 11.5. The minimum atomic E-state index is -0.499. The van der Waals surface area contributed by atoms with Gasteiger partial charge in [0, 0.05) is 25.8 Å². The van der Waals surface area contributed by atoms with Crippen LogP contribution in [-0.4, -0.2) is 42.3 Å². The summed E-state index contributed by atoms with van der Waals surface area (Å²) in [4.78, 5) is 20.0. The molecule has 0 atom stereocenters. The number of amides is 1. The van der Waals surface area contributed by atoms with Crippen molar-refractivity contribution in [3.8, 4) is 0 Å². The molecule has 0 aromatic carbocycles. The summed E-state index contributed by atoms with van der Waals surface area (Å²) in [7, 11) is 0. The lowest BCUT2D eigenvalue weighted by molar-refractivity contribution is 0.0529. The number of aromatic nitrogens is 1. The van der Waals surface area contributed by atoms with Crippen LogP contribution in [0, 0.1) is 0 Å². The molecule has 8 heteroatoms. The maximum Gasteiger partial charge on any atom is 0.407 e. The Kier molecular flexibility index (Phi) is 8.32. The normalized spacial score (nSPS) is 11.8. The molecule has 1 heterocycles. The van der Waals surface area contributed by atoms with E-state index in [0.717, 1.165) is 12.1 Å².